The fraction of sp³-hybridized carbons (Fsp3) is 0.444. The lowest BCUT2D eigenvalue weighted by molar-refractivity contribution is 0.0688. The molecule has 0 spiro atoms. The number of methoxy groups -OCH3 is 1. The number of carbonyl (C=O) groups is 2. The Kier molecular flexibility index (Phi) is 5.82. The van der Waals surface area contributed by atoms with Gasteiger partial charge in [-0.1, -0.05) is 10.6 Å². The molecule has 138 valence electrons. The lowest BCUT2D eigenvalue weighted by Crippen LogP contribution is -2.41. The molecule has 0 aliphatic carbocycles. The first-order chi connectivity index (χ1) is 12.6. The summed E-state index contributed by atoms with van der Waals surface area (Å²) >= 11 is 1.15. The maximum Gasteiger partial charge on any atom is 0.267 e. The van der Waals surface area contributed by atoms with Crippen molar-refractivity contribution in [3.63, 3.8) is 0 Å². The van der Waals surface area contributed by atoms with Crippen molar-refractivity contribution in [2.75, 3.05) is 26.7 Å². The minimum absolute atomic E-state index is 0.0105. The van der Waals surface area contributed by atoms with E-state index < -0.39 is 0 Å². The van der Waals surface area contributed by atoms with Crippen molar-refractivity contribution in [1.82, 2.24) is 19.8 Å². The predicted molar refractivity (Wildman–Crippen MR) is 98.6 cm³/mol. The van der Waals surface area contributed by atoms with Crippen molar-refractivity contribution in [2.24, 2.45) is 5.92 Å². The molecular formula is C18H22N4O3S. The molecule has 2 aromatic rings. The highest BCUT2D eigenvalue weighted by molar-refractivity contribution is 7.07. The zero-order valence-electron chi connectivity index (χ0n) is 14.9. The molecule has 2 amide bonds. The molecule has 1 aliphatic rings. The van der Waals surface area contributed by atoms with Crippen LogP contribution in [0.4, 0.5) is 0 Å². The van der Waals surface area contributed by atoms with Gasteiger partial charge in [-0.15, -0.1) is 5.10 Å². The minimum Gasteiger partial charge on any atom is -0.497 e. The van der Waals surface area contributed by atoms with Gasteiger partial charge in [0.1, 0.15) is 10.6 Å². The van der Waals surface area contributed by atoms with Crippen LogP contribution in [0.2, 0.25) is 0 Å². The zero-order valence-corrected chi connectivity index (χ0v) is 15.7. The second kappa shape index (κ2) is 8.27. The zero-order chi connectivity index (χ0) is 18.5. The first-order valence-corrected chi connectivity index (χ1v) is 9.36. The van der Waals surface area contributed by atoms with Crippen LogP contribution in [-0.4, -0.2) is 53.0 Å². The Morgan fingerprint density at radius 1 is 1.35 bits per heavy atom. The van der Waals surface area contributed by atoms with E-state index in [1.165, 1.54) is 0 Å². The van der Waals surface area contributed by atoms with Gasteiger partial charge in [0.05, 0.1) is 12.8 Å². The summed E-state index contributed by atoms with van der Waals surface area (Å²) in [4.78, 5) is 27.2. The van der Waals surface area contributed by atoms with Gasteiger partial charge in [-0.05, 0) is 55.4 Å². The van der Waals surface area contributed by atoms with Crippen LogP contribution in [-0.2, 0) is 0 Å². The maximum atomic E-state index is 12.5. The highest BCUT2D eigenvalue weighted by Crippen LogP contribution is 2.21. The van der Waals surface area contributed by atoms with Gasteiger partial charge >= 0.3 is 0 Å². The van der Waals surface area contributed by atoms with Gasteiger partial charge in [-0.25, -0.2) is 0 Å². The first kappa shape index (κ1) is 18.3. The third kappa shape index (κ3) is 4.19. The number of nitrogens with zero attached hydrogens (tertiary/aromatic N) is 3. The van der Waals surface area contributed by atoms with E-state index in [2.05, 4.69) is 14.9 Å². The second-order valence-corrected chi connectivity index (χ2v) is 7.12. The summed E-state index contributed by atoms with van der Waals surface area (Å²) in [6.07, 6.45) is 1.74. The van der Waals surface area contributed by atoms with E-state index in [4.69, 9.17) is 4.74 Å². The average molecular weight is 374 g/mol. The molecule has 8 heteroatoms. The van der Waals surface area contributed by atoms with Gasteiger partial charge in [0.2, 0.25) is 0 Å². The quantitative estimate of drug-likeness (QED) is 0.867. The molecular weight excluding hydrogens is 352 g/mol. The summed E-state index contributed by atoms with van der Waals surface area (Å²) in [5.41, 5.74) is 1.28. The van der Waals surface area contributed by atoms with E-state index in [9.17, 15) is 9.59 Å². The summed E-state index contributed by atoms with van der Waals surface area (Å²) in [6.45, 7) is 3.79. The molecule has 1 aliphatic heterocycles. The van der Waals surface area contributed by atoms with Gasteiger partial charge in [0.15, 0.2) is 0 Å². The molecule has 1 aromatic carbocycles. The number of aromatic nitrogens is 2. The molecule has 7 nitrogen and oxygen atoms in total. The summed E-state index contributed by atoms with van der Waals surface area (Å²) in [6, 6.07) is 7.10. The SMILES string of the molecule is COc1cccc(C(=O)NCC2CCN(C(=O)c3snnc3C)CC2)c1. The number of likely N-dealkylation sites (tertiary alicyclic amines) is 1. The topological polar surface area (TPSA) is 84.4 Å². The molecule has 0 radical (unpaired) electrons. The van der Waals surface area contributed by atoms with E-state index >= 15 is 0 Å². The van der Waals surface area contributed by atoms with Crippen LogP contribution in [0.15, 0.2) is 24.3 Å². The first-order valence-electron chi connectivity index (χ1n) is 8.59. The lowest BCUT2D eigenvalue weighted by Gasteiger charge is -2.31. The predicted octanol–water partition coefficient (Wildman–Crippen LogP) is 2.14. The van der Waals surface area contributed by atoms with Crippen molar-refractivity contribution in [3.05, 3.63) is 40.4 Å². The molecule has 3 rings (SSSR count). The molecule has 0 atom stereocenters. The summed E-state index contributed by atoms with van der Waals surface area (Å²) in [7, 11) is 1.58. The number of carbonyl (C=O) groups excluding carboxylic acids is 2. The van der Waals surface area contributed by atoms with Crippen molar-refractivity contribution >= 4 is 23.3 Å². The molecule has 1 N–H and O–H groups in total. The van der Waals surface area contributed by atoms with Crippen LogP contribution in [0.25, 0.3) is 0 Å². The highest BCUT2D eigenvalue weighted by atomic mass is 32.1. The van der Waals surface area contributed by atoms with Crippen LogP contribution in [0.1, 0.15) is 38.6 Å². The van der Waals surface area contributed by atoms with Crippen molar-refractivity contribution in [1.29, 1.82) is 0 Å². The Balaban J connectivity index is 1.47. The molecule has 0 unspecified atom stereocenters. The molecule has 0 saturated carbocycles. The second-order valence-electron chi connectivity index (χ2n) is 6.37. The van der Waals surface area contributed by atoms with Gasteiger partial charge in [0.25, 0.3) is 11.8 Å². The highest BCUT2D eigenvalue weighted by Gasteiger charge is 2.26. The van der Waals surface area contributed by atoms with Crippen molar-refractivity contribution < 1.29 is 14.3 Å². The van der Waals surface area contributed by atoms with Crippen LogP contribution in [0.5, 0.6) is 5.75 Å². The van der Waals surface area contributed by atoms with Crippen LogP contribution >= 0.6 is 11.5 Å². The Morgan fingerprint density at radius 2 is 2.12 bits per heavy atom. The minimum atomic E-state index is -0.103. The number of aryl methyl sites for hydroxylation is 1. The van der Waals surface area contributed by atoms with Crippen molar-refractivity contribution in [3.8, 4) is 5.75 Å². The number of ether oxygens (including phenoxy) is 1. The number of nitrogens with one attached hydrogen (secondary N) is 1. The number of hydrogen-bond donors (Lipinski definition) is 1. The fourth-order valence-corrected chi connectivity index (χ4v) is 3.64. The molecule has 2 heterocycles. The molecule has 0 bridgehead atoms. The molecule has 1 fully saturated rings. The Bertz CT molecular complexity index is 784. The van der Waals surface area contributed by atoms with Gasteiger partial charge < -0.3 is 15.0 Å². The van der Waals surface area contributed by atoms with E-state index in [1.807, 2.05) is 11.0 Å². The standard InChI is InChI=1S/C18H22N4O3S/c1-12-16(26-21-20-12)18(24)22-8-6-13(7-9-22)11-19-17(23)14-4-3-5-15(10-14)25-2/h3-5,10,13H,6-9,11H2,1-2H3,(H,19,23). The fourth-order valence-electron chi connectivity index (χ4n) is 3.01. The van der Waals surface area contributed by atoms with E-state index in [-0.39, 0.29) is 11.8 Å². The average Bonchev–Trinajstić information content (AvgIpc) is 3.12. The van der Waals surface area contributed by atoms with Crippen LogP contribution < -0.4 is 10.1 Å². The van der Waals surface area contributed by atoms with Gasteiger partial charge in [0, 0.05) is 25.2 Å². The number of rotatable bonds is 5. The van der Waals surface area contributed by atoms with Crippen LogP contribution in [0.3, 0.4) is 0 Å². The Hall–Kier alpha value is -2.48. The van der Waals surface area contributed by atoms with E-state index in [1.54, 1.807) is 32.2 Å². The third-order valence-corrected chi connectivity index (χ3v) is 5.45. The number of amides is 2. The van der Waals surface area contributed by atoms with Gasteiger partial charge in [-0.3, -0.25) is 9.59 Å². The Labute approximate surface area is 156 Å². The normalized spacial score (nSPS) is 14.9. The van der Waals surface area contributed by atoms with Gasteiger partial charge in [-0.2, -0.15) is 0 Å². The lowest BCUT2D eigenvalue weighted by atomic mass is 9.96. The summed E-state index contributed by atoms with van der Waals surface area (Å²) in [5.74, 6) is 0.941. The number of hydrogen-bond acceptors (Lipinski definition) is 6. The molecule has 1 saturated heterocycles. The van der Waals surface area contributed by atoms with Crippen molar-refractivity contribution in [2.45, 2.75) is 19.8 Å². The monoisotopic (exact) mass is 374 g/mol. The largest absolute Gasteiger partial charge is 0.497 e. The van der Waals surface area contributed by atoms with Crippen LogP contribution in [0, 0.1) is 12.8 Å². The number of benzene rings is 1. The summed E-state index contributed by atoms with van der Waals surface area (Å²) in [5, 5.41) is 6.89. The smallest absolute Gasteiger partial charge is 0.267 e. The van der Waals surface area contributed by atoms with E-state index in [0.29, 0.717) is 47.4 Å². The molecule has 26 heavy (non-hydrogen) atoms. The molecule has 1 aromatic heterocycles. The van der Waals surface area contributed by atoms with E-state index in [0.717, 1.165) is 24.4 Å². The maximum absolute atomic E-state index is 12.5. The number of piperidine rings is 1. The third-order valence-electron chi connectivity index (χ3n) is 4.63. The summed E-state index contributed by atoms with van der Waals surface area (Å²) < 4.78 is 8.98. The Morgan fingerprint density at radius 3 is 2.77 bits per heavy atom.